The predicted molar refractivity (Wildman–Crippen MR) is 60.9 cm³/mol. The van der Waals surface area contributed by atoms with E-state index in [2.05, 4.69) is 15.0 Å². The summed E-state index contributed by atoms with van der Waals surface area (Å²) in [6.07, 6.45) is 1.31. The van der Waals surface area contributed by atoms with Crippen molar-refractivity contribution in [3.8, 4) is 0 Å². The highest BCUT2D eigenvalue weighted by Gasteiger charge is 2.12. The smallest absolute Gasteiger partial charge is 0.277 e. The van der Waals surface area contributed by atoms with Gasteiger partial charge < -0.3 is 9.84 Å². The second kappa shape index (κ2) is 4.61. The quantitative estimate of drug-likeness (QED) is 0.820. The van der Waals surface area contributed by atoms with Gasteiger partial charge in [0.05, 0.1) is 5.69 Å². The lowest BCUT2D eigenvalue weighted by Gasteiger charge is -2.06. The van der Waals surface area contributed by atoms with Crippen LogP contribution in [0.1, 0.15) is 27.8 Å². The first-order chi connectivity index (χ1) is 8.18. The molecule has 0 saturated heterocycles. The summed E-state index contributed by atoms with van der Waals surface area (Å²) in [5, 5.41) is 6.13. The van der Waals surface area contributed by atoms with Gasteiger partial charge in [-0.3, -0.25) is 9.59 Å². The number of para-hydroxylation sites is 1. The van der Waals surface area contributed by atoms with Gasteiger partial charge >= 0.3 is 0 Å². The highest BCUT2D eigenvalue weighted by atomic mass is 16.5. The Morgan fingerprint density at radius 3 is 2.65 bits per heavy atom. The first-order valence-corrected chi connectivity index (χ1v) is 5.00. The van der Waals surface area contributed by atoms with Crippen molar-refractivity contribution in [2.45, 2.75) is 6.92 Å². The fourth-order valence-electron chi connectivity index (χ4n) is 1.42. The molecule has 86 valence electrons. The number of hydrogen-bond acceptors (Lipinski definition) is 4. The maximum absolute atomic E-state index is 11.7. The van der Waals surface area contributed by atoms with Crippen LogP contribution in [0.4, 0.5) is 5.69 Å². The van der Waals surface area contributed by atoms with Gasteiger partial charge in [-0.1, -0.05) is 17.3 Å². The van der Waals surface area contributed by atoms with Gasteiger partial charge in [0, 0.05) is 11.6 Å². The van der Waals surface area contributed by atoms with Gasteiger partial charge in [-0.2, -0.15) is 0 Å². The lowest BCUT2D eigenvalue weighted by molar-refractivity contribution is 0.101. The maximum atomic E-state index is 11.7. The van der Waals surface area contributed by atoms with Crippen LogP contribution in [-0.4, -0.2) is 16.8 Å². The van der Waals surface area contributed by atoms with Gasteiger partial charge in [-0.05, 0) is 19.1 Å². The summed E-state index contributed by atoms with van der Waals surface area (Å²) >= 11 is 0. The molecule has 0 aliphatic rings. The summed E-state index contributed by atoms with van der Waals surface area (Å²) in [4.78, 5) is 23.1. The van der Waals surface area contributed by atoms with Crippen LogP contribution in [-0.2, 0) is 0 Å². The molecule has 1 aromatic carbocycles. The average molecular weight is 230 g/mol. The topological polar surface area (TPSA) is 72.2 Å². The zero-order valence-corrected chi connectivity index (χ0v) is 9.14. The molecule has 0 saturated carbocycles. The third-order valence-electron chi connectivity index (χ3n) is 2.23. The van der Waals surface area contributed by atoms with Gasteiger partial charge in [0.2, 0.25) is 0 Å². The fraction of sp³-hybridized carbons (Fsp3) is 0.0833. The summed E-state index contributed by atoms with van der Waals surface area (Å²) in [7, 11) is 0. The Labute approximate surface area is 97.4 Å². The Morgan fingerprint density at radius 2 is 2.00 bits per heavy atom. The Kier molecular flexibility index (Phi) is 3.00. The van der Waals surface area contributed by atoms with Crippen molar-refractivity contribution in [3.63, 3.8) is 0 Å². The van der Waals surface area contributed by atoms with Crippen molar-refractivity contribution in [2.24, 2.45) is 0 Å². The van der Waals surface area contributed by atoms with Crippen LogP contribution >= 0.6 is 0 Å². The molecular weight excluding hydrogens is 220 g/mol. The number of aromatic nitrogens is 1. The number of nitrogens with zero attached hydrogens (tertiary/aromatic N) is 1. The molecule has 0 unspecified atom stereocenters. The molecule has 2 rings (SSSR count). The molecule has 0 radical (unpaired) electrons. The van der Waals surface area contributed by atoms with Crippen LogP contribution in [0, 0.1) is 0 Å². The molecule has 1 heterocycles. The number of benzene rings is 1. The second-order valence-corrected chi connectivity index (χ2v) is 3.44. The summed E-state index contributed by atoms with van der Waals surface area (Å²) < 4.78 is 4.57. The molecule has 1 N–H and O–H groups in total. The van der Waals surface area contributed by atoms with Gasteiger partial charge in [0.1, 0.15) is 6.26 Å². The van der Waals surface area contributed by atoms with Crippen molar-refractivity contribution in [3.05, 3.63) is 47.9 Å². The average Bonchev–Trinajstić information content (AvgIpc) is 2.83. The molecule has 2 aromatic rings. The molecule has 1 aromatic heterocycles. The molecule has 0 fully saturated rings. The molecule has 0 spiro atoms. The lowest BCUT2D eigenvalue weighted by Crippen LogP contribution is -2.14. The fourth-order valence-corrected chi connectivity index (χ4v) is 1.42. The Morgan fingerprint density at radius 1 is 1.24 bits per heavy atom. The van der Waals surface area contributed by atoms with Crippen molar-refractivity contribution >= 4 is 17.4 Å². The largest absolute Gasteiger partial charge is 0.364 e. The minimum absolute atomic E-state index is 0.110. The van der Waals surface area contributed by atoms with Crippen molar-refractivity contribution in [2.75, 3.05) is 5.32 Å². The molecule has 0 atom stereocenters. The lowest BCUT2D eigenvalue weighted by atomic mass is 10.1. The minimum Gasteiger partial charge on any atom is -0.364 e. The van der Waals surface area contributed by atoms with E-state index in [-0.39, 0.29) is 11.5 Å². The number of nitrogens with one attached hydrogen (secondary N) is 1. The molecule has 0 aliphatic carbocycles. The number of Topliss-reactive ketones (excluding diaryl/α,β-unsaturated/α-hetero) is 1. The van der Waals surface area contributed by atoms with E-state index in [4.69, 9.17) is 0 Å². The number of ketones is 1. The van der Waals surface area contributed by atoms with E-state index in [0.717, 1.165) is 0 Å². The first kappa shape index (κ1) is 11.1. The zero-order valence-electron chi connectivity index (χ0n) is 9.14. The molecule has 5 nitrogen and oxygen atoms in total. The van der Waals surface area contributed by atoms with Gasteiger partial charge in [-0.25, -0.2) is 0 Å². The van der Waals surface area contributed by atoms with Gasteiger partial charge in [0.15, 0.2) is 11.5 Å². The molecule has 17 heavy (non-hydrogen) atoms. The molecule has 5 heteroatoms. The first-order valence-electron chi connectivity index (χ1n) is 5.00. The van der Waals surface area contributed by atoms with Crippen LogP contribution < -0.4 is 5.32 Å². The normalized spacial score (nSPS) is 9.94. The van der Waals surface area contributed by atoms with Crippen LogP contribution in [0.25, 0.3) is 0 Å². The van der Waals surface area contributed by atoms with E-state index in [9.17, 15) is 9.59 Å². The number of carbonyl (C=O) groups is 2. The highest BCUT2D eigenvalue weighted by molar-refractivity contribution is 6.08. The molecule has 0 aliphatic heterocycles. The highest BCUT2D eigenvalue weighted by Crippen LogP contribution is 2.16. The SMILES string of the molecule is CC(=O)c1ccccc1NC(=O)c1ccon1. The zero-order chi connectivity index (χ0) is 12.3. The van der Waals surface area contributed by atoms with Crippen LogP contribution in [0.2, 0.25) is 0 Å². The third-order valence-corrected chi connectivity index (χ3v) is 2.23. The standard InChI is InChI=1S/C12H10N2O3/c1-8(15)9-4-2-3-5-10(9)13-12(16)11-6-7-17-14-11/h2-7H,1H3,(H,13,16). The number of rotatable bonds is 3. The third kappa shape index (κ3) is 2.39. The van der Waals surface area contributed by atoms with Crippen molar-refractivity contribution in [1.82, 2.24) is 5.16 Å². The monoisotopic (exact) mass is 230 g/mol. The number of anilines is 1. The summed E-state index contributed by atoms with van der Waals surface area (Å²) in [5.74, 6) is -0.520. The van der Waals surface area contributed by atoms with E-state index >= 15 is 0 Å². The minimum atomic E-state index is -0.410. The van der Waals surface area contributed by atoms with E-state index in [1.807, 2.05) is 0 Å². The molecule has 0 bridgehead atoms. The molecular formula is C12H10N2O3. The van der Waals surface area contributed by atoms with Crippen LogP contribution in [0.3, 0.4) is 0 Å². The van der Waals surface area contributed by atoms with E-state index in [0.29, 0.717) is 11.3 Å². The Bertz CT molecular complexity index is 547. The Balaban J connectivity index is 2.25. The number of hydrogen-bond donors (Lipinski definition) is 1. The van der Waals surface area contributed by atoms with Crippen molar-refractivity contribution in [1.29, 1.82) is 0 Å². The maximum Gasteiger partial charge on any atom is 0.277 e. The van der Waals surface area contributed by atoms with E-state index in [1.54, 1.807) is 24.3 Å². The Hall–Kier alpha value is -2.43. The van der Waals surface area contributed by atoms with E-state index < -0.39 is 5.91 Å². The van der Waals surface area contributed by atoms with E-state index in [1.165, 1.54) is 19.3 Å². The van der Waals surface area contributed by atoms with Crippen LogP contribution in [0.15, 0.2) is 41.1 Å². The predicted octanol–water partition coefficient (Wildman–Crippen LogP) is 2.13. The second-order valence-electron chi connectivity index (χ2n) is 3.44. The molecule has 1 amide bonds. The van der Waals surface area contributed by atoms with Crippen molar-refractivity contribution < 1.29 is 14.1 Å². The van der Waals surface area contributed by atoms with Gasteiger partial charge in [-0.15, -0.1) is 0 Å². The van der Waals surface area contributed by atoms with Crippen LogP contribution in [0.5, 0.6) is 0 Å². The van der Waals surface area contributed by atoms with Gasteiger partial charge in [0.25, 0.3) is 5.91 Å². The summed E-state index contributed by atoms with van der Waals surface area (Å²) in [6.45, 7) is 1.45. The summed E-state index contributed by atoms with van der Waals surface area (Å²) in [5.41, 5.74) is 1.10. The number of amides is 1. The number of carbonyl (C=O) groups excluding carboxylic acids is 2. The summed E-state index contributed by atoms with van der Waals surface area (Å²) in [6, 6.07) is 8.24.